The fourth-order valence-electron chi connectivity index (χ4n) is 3.92. The molecule has 1 aromatic heterocycles. The molecule has 1 aliphatic heterocycles. The van der Waals surface area contributed by atoms with E-state index in [0.29, 0.717) is 17.0 Å². The molecule has 0 radical (unpaired) electrons. The van der Waals surface area contributed by atoms with Crippen molar-refractivity contribution in [3.8, 4) is 0 Å². The first-order chi connectivity index (χ1) is 14.3. The van der Waals surface area contributed by atoms with Crippen LogP contribution in [0.15, 0.2) is 64.8 Å². The second-order valence-electron chi connectivity index (χ2n) is 7.77. The molecular formula is C25H23NO4. The van der Waals surface area contributed by atoms with Crippen LogP contribution in [0.3, 0.4) is 0 Å². The highest BCUT2D eigenvalue weighted by Crippen LogP contribution is 2.43. The lowest BCUT2D eigenvalue weighted by Gasteiger charge is -2.25. The van der Waals surface area contributed by atoms with E-state index in [1.54, 1.807) is 18.2 Å². The number of rotatable bonds is 3. The zero-order chi connectivity index (χ0) is 21.6. The molecule has 0 spiro atoms. The van der Waals surface area contributed by atoms with Gasteiger partial charge in [0.25, 0.3) is 11.7 Å². The van der Waals surface area contributed by atoms with Gasteiger partial charge in [-0.05, 0) is 68.7 Å². The summed E-state index contributed by atoms with van der Waals surface area (Å²) in [4.78, 5) is 27.6. The number of carbonyl (C=O) groups is 2. The van der Waals surface area contributed by atoms with Crippen LogP contribution < -0.4 is 4.90 Å². The van der Waals surface area contributed by atoms with Gasteiger partial charge in [0, 0.05) is 11.3 Å². The second kappa shape index (κ2) is 7.34. The number of hydrogen-bond donors (Lipinski definition) is 1. The number of furan rings is 1. The third-order valence-corrected chi connectivity index (χ3v) is 5.65. The molecule has 30 heavy (non-hydrogen) atoms. The molecule has 5 heteroatoms. The van der Waals surface area contributed by atoms with Gasteiger partial charge in [-0.2, -0.15) is 0 Å². The Balaban J connectivity index is 1.95. The Morgan fingerprint density at radius 3 is 2.33 bits per heavy atom. The van der Waals surface area contributed by atoms with Gasteiger partial charge >= 0.3 is 0 Å². The van der Waals surface area contributed by atoms with E-state index in [1.807, 2.05) is 58.0 Å². The Labute approximate surface area is 175 Å². The molecule has 1 unspecified atom stereocenters. The van der Waals surface area contributed by atoms with E-state index < -0.39 is 17.7 Å². The number of ketones is 1. The number of Topliss-reactive ketones (excluding diaryl/α,β-unsaturated/α-hetero) is 1. The molecule has 5 nitrogen and oxygen atoms in total. The lowest BCUT2D eigenvalue weighted by molar-refractivity contribution is -0.132. The van der Waals surface area contributed by atoms with Crippen LogP contribution in [0, 0.1) is 27.7 Å². The molecule has 1 saturated heterocycles. The van der Waals surface area contributed by atoms with Crippen molar-refractivity contribution in [1.29, 1.82) is 0 Å². The monoisotopic (exact) mass is 401 g/mol. The summed E-state index contributed by atoms with van der Waals surface area (Å²) in [5.41, 5.74) is 5.11. The van der Waals surface area contributed by atoms with Crippen molar-refractivity contribution in [3.63, 3.8) is 0 Å². The van der Waals surface area contributed by atoms with Crippen LogP contribution in [0.4, 0.5) is 5.69 Å². The SMILES string of the molecule is Cc1ccc(N2C(=O)C(=O)/C(=C(\O)c3ccc(C)c(C)c3)C2c2ccco2)c(C)c1. The highest BCUT2D eigenvalue weighted by atomic mass is 16.3. The molecule has 0 aliphatic carbocycles. The van der Waals surface area contributed by atoms with Gasteiger partial charge in [0.15, 0.2) is 0 Å². The molecule has 1 atom stereocenters. The fraction of sp³-hybridized carbons (Fsp3) is 0.200. The molecule has 0 saturated carbocycles. The first kappa shape index (κ1) is 19.7. The molecular weight excluding hydrogens is 378 g/mol. The molecule has 1 fully saturated rings. The Morgan fingerprint density at radius 1 is 0.933 bits per heavy atom. The van der Waals surface area contributed by atoms with Gasteiger partial charge in [-0.15, -0.1) is 0 Å². The number of hydrogen-bond acceptors (Lipinski definition) is 4. The van der Waals surface area contributed by atoms with Crippen molar-refractivity contribution in [1.82, 2.24) is 0 Å². The number of aliphatic hydroxyl groups excluding tert-OH is 1. The minimum Gasteiger partial charge on any atom is -0.507 e. The number of aliphatic hydroxyl groups is 1. The number of anilines is 1. The quantitative estimate of drug-likeness (QED) is 0.375. The average molecular weight is 401 g/mol. The van der Waals surface area contributed by atoms with Crippen molar-refractivity contribution in [3.05, 3.63) is 93.9 Å². The number of aryl methyl sites for hydroxylation is 4. The van der Waals surface area contributed by atoms with Gasteiger partial charge in [0.2, 0.25) is 0 Å². The number of amides is 1. The van der Waals surface area contributed by atoms with E-state index in [0.717, 1.165) is 22.3 Å². The van der Waals surface area contributed by atoms with Gasteiger partial charge < -0.3 is 9.52 Å². The summed E-state index contributed by atoms with van der Waals surface area (Å²) in [6.07, 6.45) is 1.49. The summed E-state index contributed by atoms with van der Waals surface area (Å²) in [7, 11) is 0. The van der Waals surface area contributed by atoms with E-state index >= 15 is 0 Å². The average Bonchev–Trinajstić information content (AvgIpc) is 3.31. The summed E-state index contributed by atoms with van der Waals surface area (Å²) in [5, 5.41) is 11.1. The minimum atomic E-state index is -0.844. The Hall–Kier alpha value is -3.60. The van der Waals surface area contributed by atoms with Crippen molar-refractivity contribution < 1.29 is 19.1 Å². The van der Waals surface area contributed by atoms with Crippen molar-refractivity contribution in [2.45, 2.75) is 33.7 Å². The van der Waals surface area contributed by atoms with Crippen LogP contribution in [-0.2, 0) is 9.59 Å². The number of nitrogens with zero attached hydrogens (tertiary/aromatic N) is 1. The molecule has 4 rings (SSSR count). The maximum Gasteiger partial charge on any atom is 0.300 e. The number of carbonyl (C=O) groups excluding carboxylic acids is 2. The highest BCUT2D eigenvalue weighted by molar-refractivity contribution is 6.51. The first-order valence-electron chi connectivity index (χ1n) is 9.79. The largest absolute Gasteiger partial charge is 0.507 e. The lowest BCUT2D eigenvalue weighted by atomic mass is 9.97. The molecule has 152 valence electrons. The van der Waals surface area contributed by atoms with E-state index in [1.165, 1.54) is 11.2 Å². The van der Waals surface area contributed by atoms with Crippen LogP contribution >= 0.6 is 0 Å². The molecule has 0 bridgehead atoms. The van der Waals surface area contributed by atoms with Gasteiger partial charge in [-0.1, -0.05) is 29.8 Å². The third kappa shape index (κ3) is 3.12. The first-order valence-corrected chi connectivity index (χ1v) is 9.79. The van der Waals surface area contributed by atoms with Crippen molar-refractivity contribution in [2.24, 2.45) is 0 Å². The van der Waals surface area contributed by atoms with Crippen LogP contribution in [0.5, 0.6) is 0 Å². The van der Waals surface area contributed by atoms with Crippen molar-refractivity contribution in [2.75, 3.05) is 4.90 Å². The van der Waals surface area contributed by atoms with E-state index in [4.69, 9.17) is 4.42 Å². The molecule has 2 aromatic carbocycles. The summed E-state index contributed by atoms with van der Waals surface area (Å²) in [5.74, 6) is -1.20. The van der Waals surface area contributed by atoms with E-state index in [2.05, 4.69) is 0 Å². The molecule has 1 amide bonds. The molecule has 1 N–H and O–H groups in total. The summed E-state index contributed by atoms with van der Waals surface area (Å²) >= 11 is 0. The predicted octanol–water partition coefficient (Wildman–Crippen LogP) is 5.14. The zero-order valence-electron chi connectivity index (χ0n) is 17.4. The van der Waals surface area contributed by atoms with Gasteiger partial charge in [0.05, 0.1) is 11.8 Å². The van der Waals surface area contributed by atoms with E-state index in [9.17, 15) is 14.7 Å². The van der Waals surface area contributed by atoms with Crippen LogP contribution in [0.1, 0.15) is 39.6 Å². The predicted molar refractivity (Wildman–Crippen MR) is 115 cm³/mol. The topological polar surface area (TPSA) is 70.8 Å². The smallest absolute Gasteiger partial charge is 0.300 e. The summed E-state index contributed by atoms with van der Waals surface area (Å²) in [6.45, 7) is 7.77. The molecule has 2 heterocycles. The third-order valence-electron chi connectivity index (χ3n) is 5.65. The molecule has 3 aromatic rings. The van der Waals surface area contributed by atoms with Crippen LogP contribution in [0.25, 0.3) is 5.76 Å². The van der Waals surface area contributed by atoms with Gasteiger partial charge in [-0.25, -0.2) is 0 Å². The second-order valence-corrected chi connectivity index (χ2v) is 7.77. The molecule has 1 aliphatic rings. The fourth-order valence-corrected chi connectivity index (χ4v) is 3.92. The lowest BCUT2D eigenvalue weighted by Crippen LogP contribution is -2.30. The Kier molecular flexibility index (Phi) is 4.82. The van der Waals surface area contributed by atoms with Gasteiger partial charge in [-0.3, -0.25) is 14.5 Å². The van der Waals surface area contributed by atoms with Crippen molar-refractivity contribution >= 4 is 23.1 Å². The van der Waals surface area contributed by atoms with E-state index in [-0.39, 0.29) is 11.3 Å². The van der Waals surface area contributed by atoms with Gasteiger partial charge in [0.1, 0.15) is 17.6 Å². The maximum absolute atomic E-state index is 13.1. The number of benzene rings is 2. The minimum absolute atomic E-state index is 0.0261. The standard InChI is InChI=1S/C25H23NO4/c1-14-7-10-19(17(4)12-14)26-22(20-6-5-11-30-20)21(24(28)25(26)29)23(27)18-9-8-15(2)16(3)13-18/h5-13,22,27H,1-4H3/b23-21-. The highest BCUT2D eigenvalue weighted by Gasteiger charge is 2.48. The normalized spacial score (nSPS) is 18.3. The van der Waals surface area contributed by atoms with Crippen LogP contribution in [-0.4, -0.2) is 16.8 Å². The summed E-state index contributed by atoms with van der Waals surface area (Å²) < 4.78 is 5.60. The Morgan fingerprint density at radius 2 is 1.70 bits per heavy atom. The summed E-state index contributed by atoms with van der Waals surface area (Å²) in [6, 6.07) is 13.7. The van der Waals surface area contributed by atoms with Crippen LogP contribution in [0.2, 0.25) is 0 Å². The zero-order valence-corrected chi connectivity index (χ0v) is 17.4. The Bertz CT molecular complexity index is 1190. The maximum atomic E-state index is 13.1.